The lowest BCUT2D eigenvalue weighted by molar-refractivity contribution is -0.118. The molecular weight excluding hydrogens is 428 g/mol. The van der Waals surface area contributed by atoms with Crippen molar-refractivity contribution in [3.05, 3.63) is 35.4 Å². The van der Waals surface area contributed by atoms with Crippen LogP contribution in [0.3, 0.4) is 0 Å². The van der Waals surface area contributed by atoms with Crippen molar-refractivity contribution in [2.24, 2.45) is 0 Å². The molecule has 0 aromatic carbocycles. The summed E-state index contributed by atoms with van der Waals surface area (Å²) in [5, 5.41) is 6.44. The molecule has 1 aliphatic rings. The second-order valence-electron chi connectivity index (χ2n) is 6.68. The zero-order valence-corrected chi connectivity index (χ0v) is 18.3. The number of hydrogen-bond acceptors (Lipinski definition) is 7. The van der Waals surface area contributed by atoms with E-state index in [2.05, 4.69) is 25.5 Å². The minimum Gasteiger partial charge on any atom is -0.467 e. The third-order valence-electron chi connectivity index (χ3n) is 4.45. The van der Waals surface area contributed by atoms with Crippen LogP contribution < -0.4 is 15.5 Å². The third-order valence-corrected chi connectivity index (χ3v) is 5.49. The molecular formula is C19H25ClN6O3S. The fraction of sp³-hybridized carbons (Fsp3) is 0.474. The molecule has 0 spiro atoms. The highest BCUT2D eigenvalue weighted by atomic mass is 35.5. The number of nitrogens with one attached hydrogen (secondary N) is 2. The number of piperazine rings is 1. The largest absolute Gasteiger partial charge is 0.467 e. The van der Waals surface area contributed by atoms with Gasteiger partial charge in [0, 0.05) is 38.8 Å². The summed E-state index contributed by atoms with van der Waals surface area (Å²) >= 11 is 7.39. The van der Waals surface area contributed by atoms with Crippen LogP contribution >= 0.6 is 23.4 Å². The van der Waals surface area contributed by atoms with Gasteiger partial charge in [-0.15, -0.1) is 0 Å². The Hall–Kier alpha value is -2.46. The molecule has 9 nitrogen and oxygen atoms in total. The third kappa shape index (κ3) is 6.53. The molecule has 1 fully saturated rings. The van der Waals surface area contributed by atoms with Gasteiger partial charge in [0.15, 0.2) is 5.16 Å². The van der Waals surface area contributed by atoms with Crippen LogP contribution in [0.4, 0.5) is 10.6 Å². The zero-order valence-electron chi connectivity index (χ0n) is 16.8. The average molecular weight is 453 g/mol. The number of aromatic nitrogens is 2. The SMILES string of the molecule is CCCNC(=O)N1CCN(c2cc(Cl)nc(SCC(=O)NCc3ccco3)n2)CC1. The van der Waals surface area contributed by atoms with E-state index < -0.39 is 0 Å². The molecule has 0 saturated carbocycles. The summed E-state index contributed by atoms with van der Waals surface area (Å²) in [4.78, 5) is 36.7. The van der Waals surface area contributed by atoms with E-state index in [1.807, 2.05) is 6.92 Å². The molecule has 0 radical (unpaired) electrons. The first-order valence-electron chi connectivity index (χ1n) is 9.79. The van der Waals surface area contributed by atoms with Gasteiger partial charge in [0.25, 0.3) is 0 Å². The molecule has 2 aromatic heterocycles. The second kappa shape index (κ2) is 11.1. The number of halogens is 1. The maximum absolute atomic E-state index is 12.1. The van der Waals surface area contributed by atoms with Gasteiger partial charge in [0.05, 0.1) is 18.6 Å². The van der Waals surface area contributed by atoms with Crippen LogP contribution in [0.15, 0.2) is 34.0 Å². The van der Waals surface area contributed by atoms with Gasteiger partial charge in [-0.1, -0.05) is 30.3 Å². The van der Waals surface area contributed by atoms with Crippen LogP contribution in [0.2, 0.25) is 5.15 Å². The van der Waals surface area contributed by atoms with Crippen molar-refractivity contribution in [2.75, 3.05) is 43.4 Å². The average Bonchev–Trinajstić information content (AvgIpc) is 3.28. The molecule has 1 aliphatic heterocycles. The maximum atomic E-state index is 12.1. The summed E-state index contributed by atoms with van der Waals surface area (Å²) in [5.74, 6) is 1.42. The molecule has 30 heavy (non-hydrogen) atoms. The Morgan fingerprint density at radius 3 is 2.73 bits per heavy atom. The first kappa shape index (κ1) is 22.2. The van der Waals surface area contributed by atoms with Gasteiger partial charge in [-0.3, -0.25) is 4.79 Å². The predicted molar refractivity (Wildman–Crippen MR) is 116 cm³/mol. The summed E-state index contributed by atoms with van der Waals surface area (Å²) in [6, 6.07) is 5.24. The molecule has 3 heterocycles. The van der Waals surface area contributed by atoms with E-state index in [0.717, 1.165) is 6.42 Å². The molecule has 2 aromatic rings. The Labute approximate surface area is 184 Å². The van der Waals surface area contributed by atoms with Crippen LogP contribution in [-0.2, 0) is 11.3 Å². The minimum atomic E-state index is -0.145. The quantitative estimate of drug-likeness (QED) is 0.360. The number of carbonyl (C=O) groups excluding carboxylic acids is 2. The van der Waals surface area contributed by atoms with Crippen molar-refractivity contribution in [1.29, 1.82) is 0 Å². The number of urea groups is 1. The van der Waals surface area contributed by atoms with Crippen LogP contribution in [-0.4, -0.2) is 65.3 Å². The van der Waals surface area contributed by atoms with Gasteiger partial charge >= 0.3 is 6.03 Å². The number of hydrogen-bond donors (Lipinski definition) is 2. The molecule has 162 valence electrons. The van der Waals surface area contributed by atoms with Crippen LogP contribution in [0.25, 0.3) is 0 Å². The monoisotopic (exact) mass is 452 g/mol. The number of furan rings is 1. The Bertz CT molecular complexity index is 843. The van der Waals surface area contributed by atoms with Gasteiger partial charge in [-0.2, -0.15) is 0 Å². The number of rotatable bonds is 8. The van der Waals surface area contributed by atoms with E-state index in [4.69, 9.17) is 16.0 Å². The molecule has 3 amide bonds. The molecule has 11 heteroatoms. The number of nitrogens with zero attached hydrogens (tertiary/aromatic N) is 4. The number of carbonyl (C=O) groups is 2. The van der Waals surface area contributed by atoms with E-state index >= 15 is 0 Å². The van der Waals surface area contributed by atoms with Crippen molar-refractivity contribution in [3.63, 3.8) is 0 Å². The van der Waals surface area contributed by atoms with E-state index in [9.17, 15) is 9.59 Å². The maximum Gasteiger partial charge on any atom is 0.317 e. The van der Waals surface area contributed by atoms with Crippen molar-refractivity contribution in [2.45, 2.75) is 25.0 Å². The number of thioether (sulfide) groups is 1. The molecule has 0 aliphatic carbocycles. The van der Waals surface area contributed by atoms with Crippen molar-refractivity contribution in [3.8, 4) is 0 Å². The lowest BCUT2D eigenvalue weighted by Gasteiger charge is -2.35. The Kier molecular flexibility index (Phi) is 8.21. The summed E-state index contributed by atoms with van der Waals surface area (Å²) in [6.07, 6.45) is 2.47. The van der Waals surface area contributed by atoms with Gasteiger partial charge in [0.1, 0.15) is 16.7 Å². The Morgan fingerprint density at radius 2 is 2.03 bits per heavy atom. The van der Waals surface area contributed by atoms with Crippen LogP contribution in [0.1, 0.15) is 19.1 Å². The lowest BCUT2D eigenvalue weighted by Crippen LogP contribution is -2.52. The van der Waals surface area contributed by atoms with E-state index in [0.29, 0.717) is 61.2 Å². The summed E-state index contributed by atoms with van der Waals surface area (Å²) in [5.41, 5.74) is 0. The highest BCUT2D eigenvalue weighted by Crippen LogP contribution is 2.22. The molecule has 1 saturated heterocycles. The highest BCUT2D eigenvalue weighted by Gasteiger charge is 2.22. The summed E-state index contributed by atoms with van der Waals surface area (Å²) in [7, 11) is 0. The normalized spacial score (nSPS) is 13.9. The van der Waals surface area contributed by atoms with Crippen LogP contribution in [0.5, 0.6) is 0 Å². The Morgan fingerprint density at radius 1 is 1.23 bits per heavy atom. The van der Waals surface area contributed by atoms with E-state index in [-0.39, 0.29) is 17.7 Å². The van der Waals surface area contributed by atoms with E-state index in [1.54, 1.807) is 29.4 Å². The van der Waals surface area contributed by atoms with Crippen molar-refractivity contribution in [1.82, 2.24) is 25.5 Å². The molecule has 0 atom stereocenters. The van der Waals surface area contributed by atoms with Gasteiger partial charge in [0.2, 0.25) is 5.91 Å². The predicted octanol–water partition coefficient (Wildman–Crippen LogP) is 2.37. The highest BCUT2D eigenvalue weighted by molar-refractivity contribution is 7.99. The molecule has 2 N–H and O–H groups in total. The zero-order chi connectivity index (χ0) is 21.3. The minimum absolute atomic E-state index is 0.0333. The van der Waals surface area contributed by atoms with Gasteiger partial charge in [-0.05, 0) is 18.6 Å². The van der Waals surface area contributed by atoms with Gasteiger partial charge < -0.3 is 24.9 Å². The van der Waals surface area contributed by atoms with E-state index in [1.165, 1.54) is 11.8 Å². The fourth-order valence-corrected chi connectivity index (χ4v) is 3.79. The molecule has 0 unspecified atom stereocenters. The smallest absolute Gasteiger partial charge is 0.317 e. The van der Waals surface area contributed by atoms with Crippen molar-refractivity contribution >= 4 is 41.1 Å². The molecule has 0 bridgehead atoms. The van der Waals surface area contributed by atoms with Gasteiger partial charge in [-0.25, -0.2) is 14.8 Å². The lowest BCUT2D eigenvalue weighted by atomic mass is 10.3. The standard InChI is InChI=1S/C19H25ClN6O3S/c1-2-5-21-19(28)26-8-6-25(7-9-26)16-11-15(20)23-18(24-16)30-13-17(27)22-12-14-4-3-10-29-14/h3-4,10-11H,2,5-9,12-13H2,1H3,(H,21,28)(H,22,27). The first-order valence-corrected chi connectivity index (χ1v) is 11.2. The number of anilines is 1. The number of amides is 3. The second-order valence-corrected chi connectivity index (χ2v) is 8.01. The summed E-state index contributed by atoms with van der Waals surface area (Å²) in [6.45, 7) is 5.56. The Balaban J connectivity index is 1.50. The topological polar surface area (TPSA) is 104 Å². The summed E-state index contributed by atoms with van der Waals surface area (Å²) < 4.78 is 5.19. The first-order chi connectivity index (χ1) is 14.5. The van der Waals surface area contributed by atoms with Crippen LogP contribution in [0, 0.1) is 0 Å². The molecule has 3 rings (SSSR count). The fourth-order valence-electron chi connectivity index (χ4n) is 2.87. The van der Waals surface area contributed by atoms with Crippen molar-refractivity contribution < 1.29 is 14.0 Å².